The van der Waals surface area contributed by atoms with Crippen molar-refractivity contribution in [3.63, 3.8) is 0 Å². The number of carbonyl (C=O) groups excluding carboxylic acids is 1. The molecule has 1 amide bonds. The van der Waals surface area contributed by atoms with E-state index >= 15 is 0 Å². The van der Waals surface area contributed by atoms with Gasteiger partial charge in [-0.2, -0.15) is 0 Å². The van der Waals surface area contributed by atoms with Crippen LogP contribution in [0.2, 0.25) is 0 Å². The summed E-state index contributed by atoms with van der Waals surface area (Å²) in [5.74, 6) is 1.11. The fourth-order valence-corrected chi connectivity index (χ4v) is 3.22. The largest absolute Gasteiger partial charge is 0.352 e. The molecule has 4 heteroatoms. The normalized spacial score (nSPS) is 11.0. The predicted octanol–water partition coefficient (Wildman–Crippen LogP) is 4.51. The predicted molar refractivity (Wildman–Crippen MR) is 106 cm³/mol. The highest BCUT2D eigenvalue weighted by molar-refractivity contribution is 5.94. The maximum absolute atomic E-state index is 12.2. The Balaban J connectivity index is 1.60. The molecule has 0 saturated carbocycles. The van der Waals surface area contributed by atoms with Crippen LogP contribution < -0.4 is 5.32 Å². The highest BCUT2D eigenvalue weighted by atomic mass is 16.1. The van der Waals surface area contributed by atoms with Gasteiger partial charge in [-0.15, -0.1) is 0 Å². The van der Waals surface area contributed by atoms with Gasteiger partial charge >= 0.3 is 0 Å². The van der Waals surface area contributed by atoms with Crippen LogP contribution in [0, 0.1) is 6.92 Å². The van der Waals surface area contributed by atoms with Crippen molar-refractivity contribution in [3.8, 4) is 0 Å². The number of rotatable bonds is 8. The van der Waals surface area contributed by atoms with Crippen LogP contribution in [0.25, 0.3) is 11.0 Å². The van der Waals surface area contributed by atoms with E-state index in [2.05, 4.69) is 35.0 Å². The molecule has 0 aliphatic heterocycles. The summed E-state index contributed by atoms with van der Waals surface area (Å²) in [5, 5.41) is 3.02. The van der Waals surface area contributed by atoms with E-state index in [-0.39, 0.29) is 5.91 Å². The Morgan fingerprint density at radius 2 is 1.96 bits per heavy atom. The van der Waals surface area contributed by atoms with E-state index in [1.807, 2.05) is 37.3 Å². The van der Waals surface area contributed by atoms with E-state index in [1.165, 1.54) is 11.9 Å². The molecule has 26 heavy (non-hydrogen) atoms. The summed E-state index contributed by atoms with van der Waals surface area (Å²) < 4.78 is 2.33. The average molecular weight is 349 g/mol. The average Bonchev–Trinajstić information content (AvgIpc) is 3.00. The molecule has 2 aromatic carbocycles. The molecule has 1 heterocycles. The Bertz CT molecular complexity index is 882. The van der Waals surface area contributed by atoms with Crippen LogP contribution >= 0.6 is 0 Å². The van der Waals surface area contributed by atoms with Crippen LogP contribution in [0.5, 0.6) is 0 Å². The van der Waals surface area contributed by atoms with Crippen molar-refractivity contribution >= 4 is 16.9 Å². The lowest BCUT2D eigenvalue weighted by atomic mass is 10.1. The molecule has 1 N–H and O–H groups in total. The van der Waals surface area contributed by atoms with Gasteiger partial charge < -0.3 is 9.88 Å². The van der Waals surface area contributed by atoms with Gasteiger partial charge in [0.25, 0.3) is 5.91 Å². The number of unbranched alkanes of at least 4 members (excludes halogenated alkanes) is 1. The SMILES string of the molecule is CCCCn1c(CCCNC(=O)c2cccc(C)c2)nc2ccccc21. The molecular formula is C22H27N3O. The van der Waals surface area contributed by atoms with Crippen molar-refractivity contribution in [2.24, 2.45) is 0 Å². The Morgan fingerprint density at radius 3 is 2.77 bits per heavy atom. The quantitative estimate of drug-likeness (QED) is 0.608. The zero-order chi connectivity index (χ0) is 18.4. The smallest absolute Gasteiger partial charge is 0.251 e. The third-order valence-electron chi connectivity index (χ3n) is 4.61. The molecule has 4 nitrogen and oxygen atoms in total. The summed E-state index contributed by atoms with van der Waals surface area (Å²) in [6.45, 7) is 5.86. The lowest BCUT2D eigenvalue weighted by Gasteiger charge is -2.09. The summed E-state index contributed by atoms with van der Waals surface area (Å²) in [6.07, 6.45) is 4.06. The van der Waals surface area contributed by atoms with Crippen LogP contribution in [0.3, 0.4) is 0 Å². The van der Waals surface area contributed by atoms with Gasteiger partial charge in [0.2, 0.25) is 0 Å². The van der Waals surface area contributed by atoms with E-state index in [0.29, 0.717) is 6.54 Å². The summed E-state index contributed by atoms with van der Waals surface area (Å²) in [5.41, 5.74) is 4.09. The molecule has 3 rings (SSSR count). The van der Waals surface area contributed by atoms with Crippen molar-refractivity contribution in [1.82, 2.24) is 14.9 Å². The van der Waals surface area contributed by atoms with Crippen molar-refractivity contribution in [2.45, 2.75) is 46.1 Å². The van der Waals surface area contributed by atoms with Gasteiger partial charge in [-0.1, -0.05) is 43.2 Å². The molecule has 0 bridgehead atoms. The number of benzene rings is 2. The lowest BCUT2D eigenvalue weighted by Crippen LogP contribution is -2.25. The number of nitrogens with one attached hydrogen (secondary N) is 1. The zero-order valence-corrected chi connectivity index (χ0v) is 15.7. The summed E-state index contributed by atoms with van der Waals surface area (Å²) >= 11 is 0. The Morgan fingerprint density at radius 1 is 1.12 bits per heavy atom. The van der Waals surface area contributed by atoms with Crippen LogP contribution in [0.4, 0.5) is 0 Å². The maximum atomic E-state index is 12.2. The summed E-state index contributed by atoms with van der Waals surface area (Å²) in [6, 6.07) is 16.0. The Labute approximate surface area is 155 Å². The van der Waals surface area contributed by atoms with Crippen LogP contribution in [-0.4, -0.2) is 22.0 Å². The molecular weight excluding hydrogens is 322 g/mol. The first kappa shape index (κ1) is 18.2. The topological polar surface area (TPSA) is 46.9 Å². The minimum Gasteiger partial charge on any atom is -0.352 e. The van der Waals surface area contributed by atoms with Crippen molar-refractivity contribution in [3.05, 3.63) is 65.5 Å². The van der Waals surface area contributed by atoms with Gasteiger partial charge in [-0.3, -0.25) is 4.79 Å². The van der Waals surface area contributed by atoms with E-state index in [4.69, 9.17) is 4.98 Å². The standard InChI is InChI=1S/C22H27N3O/c1-3-4-15-25-20-12-6-5-11-19(20)24-21(25)13-8-14-23-22(26)18-10-7-9-17(2)16-18/h5-7,9-12,16H,3-4,8,13-15H2,1-2H3,(H,23,26). The van der Waals surface area contributed by atoms with E-state index in [1.54, 1.807) is 0 Å². The van der Waals surface area contributed by atoms with E-state index < -0.39 is 0 Å². The highest BCUT2D eigenvalue weighted by Gasteiger charge is 2.10. The molecule has 136 valence electrons. The monoisotopic (exact) mass is 349 g/mol. The molecule has 0 atom stereocenters. The minimum atomic E-state index is -0.00631. The van der Waals surface area contributed by atoms with Gasteiger partial charge in [0.15, 0.2) is 0 Å². The Hall–Kier alpha value is -2.62. The zero-order valence-electron chi connectivity index (χ0n) is 15.7. The number of para-hydroxylation sites is 2. The second-order valence-corrected chi connectivity index (χ2v) is 6.75. The summed E-state index contributed by atoms with van der Waals surface area (Å²) in [4.78, 5) is 17.0. The fraction of sp³-hybridized carbons (Fsp3) is 0.364. The first-order valence-electron chi connectivity index (χ1n) is 9.48. The molecule has 0 aliphatic carbocycles. The molecule has 0 aliphatic rings. The molecule has 0 unspecified atom stereocenters. The summed E-state index contributed by atoms with van der Waals surface area (Å²) in [7, 11) is 0. The fourth-order valence-electron chi connectivity index (χ4n) is 3.22. The Kier molecular flexibility index (Phi) is 6.05. The maximum Gasteiger partial charge on any atom is 0.251 e. The number of aromatic nitrogens is 2. The number of amides is 1. The van der Waals surface area contributed by atoms with Gasteiger partial charge in [-0.25, -0.2) is 4.98 Å². The number of imidazole rings is 1. The molecule has 1 aromatic heterocycles. The van der Waals surface area contributed by atoms with Gasteiger partial charge in [0.05, 0.1) is 11.0 Å². The van der Waals surface area contributed by atoms with Crippen molar-refractivity contribution < 1.29 is 4.79 Å². The number of fused-ring (bicyclic) bond motifs is 1. The van der Waals surface area contributed by atoms with Crippen molar-refractivity contribution in [1.29, 1.82) is 0 Å². The number of aryl methyl sites for hydroxylation is 3. The molecule has 0 spiro atoms. The number of hydrogen-bond donors (Lipinski definition) is 1. The number of hydrogen-bond acceptors (Lipinski definition) is 2. The second kappa shape index (κ2) is 8.65. The number of nitrogens with zero attached hydrogens (tertiary/aromatic N) is 2. The van der Waals surface area contributed by atoms with Gasteiger partial charge in [-0.05, 0) is 44.0 Å². The third-order valence-corrected chi connectivity index (χ3v) is 4.61. The molecule has 0 saturated heterocycles. The van der Waals surface area contributed by atoms with Gasteiger partial charge in [0.1, 0.15) is 5.82 Å². The molecule has 3 aromatic rings. The molecule has 0 radical (unpaired) electrons. The first-order chi connectivity index (χ1) is 12.7. The van der Waals surface area contributed by atoms with Crippen molar-refractivity contribution in [2.75, 3.05) is 6.54 Å². The highest BCUT2D eigenvalue weighted by Crippen LogP contribution is 2.18. The minimum absolute atomic E-state index is 0.00631. The van der Waals surface area contributed by atoms with Crippen LogP contribution in [-0.2, 0) is 13.0 Å². The first-order valence-corrected chi connectivity index (χ1v) is 9.48. The molecule has 0 fully saturated rings. The lowest BCUT2D eigenvalue weighted by molar-refractivity contribution is 0.0953. The van der Waals surface area contributed by atoms with Crippen LogP contribution in [0.1, 0.15) is 47.9 Å². The second-order valence-electron chi connectivity index (χ2n) is 6.75. The number of carbonyl (C=O) groups is 1. The van der Waals surface area contributed by atoms with E-state index in [9.17, 15) is 4.79 Å². The van der Waals surface area contributed by atoms with Crippen LogP contribution in [0.15, 0.2) is 48.5 Å². The van der Waals surface area contributed by atoms with E-state index in [0.717, 1.165) is 48.3 Å². The third kappa shape index (κ3) is 4.31. The van der Waals surface area contributed by atoms with Gasteiger partial charge in [0, 0.05) is 25.1 Å².